The zero-order valence-electron chi connectivity index (χ0n) is 11.3. The molecular weight excluding hydrogens is 286 g/mol. The normalized spacial score (nSPS) is 11.2. The fraction of sp³-hybridized carbons (Fsp3) is 0.176. The minimum Gasteiger partial charge on any atom is -0.326 e. The van der Waals surface area contributed by atoms with Gasteiger partial charge in [-0.05, 0) is 41.1 Å². The average molecular weight is 302 g/mol. The van der Waals surface area contributed by atoms with Crippen LogP contribution in [0.2, 0.25) is 5.02 Å². The van der Waals surface area contributed by atoms with Gasteiger partial charge in [0.25, 0.3) is 0 Å². The third-order valence-electron chi connectivity index (χ3n) is 3.67. The first-order valence-corrected chi connectivity index (χ1v) is 7.83. The van der Waals surface area contributed by atoms with E-state index in [1.165, 1.54) is 31.7 Å². The Balaban J connectivity index is 2.15. The Hall–Kier alpha value is -1.35. The van der Waals surface area contributed by atoms with Crippen molar-refractivity contribution in [3.05, 3.63) is 69.1 Å². The Bertz CT molecular complexity index is 741. The Morgan fingerprint density at radius 1 is 1.05 bits per heavy atom. The molecule has 0 radical (unpaired) electrons. The van der Waals surface area contributed by atoms with E-state index in [0.29, 0.717) is 6.54 Å². The molecule has 0 aliphatic rings. The van der Waals surface area contributed by atoms with Crippen molar-refractivity contribution in [2.75, 3.05) is 0 Å². The van der Waals surface area contributed by atoms with E-state index in [1.54, 1.807) is 11.3 Å². The quantitative estimate of drug-likeness (QED) is 0.730. The Morgan fingerprint density at radius 3 is 2.60 bits per heavy atom. The SMILES string of the molecule is Cc1cccc(Cl)c1Cc1c(CN)sc2ccccc12. The summed E-state index contributed by atoms with van der Waals surface area (Å²) < 4.78 is 1.30. The second-order valence-corrected chi connectivity index (χ2v) is 6.46. The number of nitrogens with two attached hydrogens (primary N) is 1. The number of thiophene rings is 1. The second kappa shape index (κ2) is 5.57. The summed E-state index contributed by atoms with van der Waals surface area (Å²) in [7, 11) is 0. The van der Waals surface area contributed by atoms with Crippen molar-refractivity contribution in [2.45, 2.75) is 19.9 Å². The van der Waals surface area contributed by atoms with Crippen LogP contribution in [-0.2, 0) is 13.0 Å². The summed E-state index contributed by atoms with van der Waals surface area (Å²) in [5, 5.41) is 2.14. The van der Waals surface area contributed by atoms with Gasteiger partial charge in [0.15, 0.2) is 0 Å². The van der Waals surface area contributed by atoms with Gasteiger partial charge in [0, 0.05) is 27.6 Å². The summed E-state index contributed by atoms with van der Waals surface area (Å²) in [5.41, 5.74) is 9.68. The average Bonchev–Trinajstić information content (AvgIpc) is 2.81. The van der Waals surface area contributed by atoms with Gasteiger partial charge in [-0.15, -0.1) is 11.3 Å². The van der Waals surface area contributed by atoms with Crippen molar-refractivity contribution in [1.29, 1.82) is 0 Å². The van der Waals surface area contributed by atoms with Crippen LogP contribution in [0.15, 0.2) is 42.5 Å². The van der Waals surface area contributed by atoms with E-state index >= 15 is 0 Å². The summed E-state index contributed by atoms with van der Waals surface area (Å²) in [5.74, 6) is 0. The van der Waals surface area contributed by atoms with Crippen molar-refractivity contribution in [1.82, 2.24) is 0 Å². The highest BCUT2D eigenvalue weighted by Gasteiger charge is 2.13. The van der Waals surface area contributed by atoms with E-state index in [-0.39, 0.29) is 0 Å². The van der Waals surface area contributed by atoms with Crippen LogP contribution < -0.4 is 5.73 Å². The molecule has 0 atom stereocenters. The van der Waals surface area contributed by atoms with Crippen molar-refractivity contribution >= 4 is 33.0 Å². The van der Waals surface area contributed by atoms with Gasteiger partial charge in [-0.2, -0.15) is 0 Å². The zero-order valence-corrected chi connectivity index (χ0v) is 12.9. The fourth-order valence-corrected chi connectivity index (χ4v) is 3.97. The van der Waals surface area contributed by atoms with E-state index in [4.69, 9.17) is 17.3 Å². The summed E-state index contributed by atoms with van der Waals surface area (Å²) in [6.07, 6.45) is 0.849. The molecule has 3 aromatic rings. The molecule has 1 heterocycles. The lowest BCUT2D eigenvalue weighted by atomic mass is 9.98. The van der Waals surface area contributed by atoms with Gasteiger partial charge in [0.2, 0.25) is 0 Å². The van der Waals surface area contributed by atoms with Gasteiger partial charge in [-0.25, -0.2) is 0 Å². The maximum absolute atomic E-state index is 6.37. The summed E-state index contributed by atoms with van der Waals surface area (Å²) in [4.78, 5) is 1.26. The van der Waals surface area contributed by atoms with Crippen LogP contribution in [-0.4, -0.2) is 0 Å². The molecule has 1 aromatic heterocycles. The van der Waals surface area contributed by atoms with Crippen LogP contribution in [0.4, 0.5) is 0 Å². The van der Waals surface area contributed by atoms with Crippen LogP contribution in [0.3, 0.4) is 0 Å². The highest BCUT2D eigenvalue weighted by Crippen LogP contribution is 2.34. The minimum absolute atomic E-state index is 0.582. The van der Waals surface area contributed by atoms with Gasteiger partial charge in [-0.1, -0.05) is 41.9 Å². The summed E-state index contributed by atoms with van der Waals surface area (Å²) >= 11 is 8.15. The number of halogens is 1. The standard InChI is InChI=1S/C17H16ClNS/c1-11-5-4-7-15(18)13(11)9-14-12-6-2-3-8-16(12)20-17(14)10-19/h2-8H,9-10,19H2,1H3. The van der Waals surface area contributed by atoms with Crippen molar-refractivity contribution in [3.8, 4) is 0 Å². The predicted molar refractivity (Wildman–Crippen MR) is 88.7 cm³/mol. The van der Waals surface area contributed by atoms with Crippen molar-refractivity contribution < 1.29 is 0 Å². The van der Waals surface area contributed by atoms with Crippen LogP contribution in [0.1, 0.15) is 21.6 Å². The molecule has 0 bridgehead atoms. The number of rotatable bonds is 3. The molecule has 2 N–H and O–H groups in total. The van der Waals surface area contributed by atoms with Crippen LogP contribution in [0.25, 0.3) is 10.1 Å². The molecule has 0 aliphatic carbocycles. The Labute approximate surface area is 128 Å². The highest BCUT2D eigenvalue weighted by molar-refractivity contribution is 7.19. The Morgan fingerprint density at radius 2 is 1.85 bits per heavy atom. The lowest BCUT2D eigenvalue weighted by molar-refractivity contribution is 1.06. The monoisotopic (exact) mass is 301 g/mol. The first kappa shape index (κ1) is 13.6. The fourth-order valence-electron chi connectivity index (χ4n) is 2.58. The molecular formula is C17H16ClNS. The van der Waals surface area contributed by atoms with Crippen LogP contribution >= 0.6 is 22.9 Å². The number of hydrogen-bond donors (Lipinski definition) is 1. The molecule has 20 heavy (non-hydrogen) atoms. The third-order valence-corrected chi connectivity index (χ3v) is 5.26. The van der Waals surface area contributed by atoms with E-state index in [2.05, 4.69) is 37.3 Å². The molecule has 0 saturated heterocycles. The van der Waals surface area contributed by atoms with Gasteiger partial charge in [0.1, 0.15) is 0 Å². The number of aryl methyl sites for hydroxylation is 1. The number of hydrogen-bond acceptors (Lipinski definition) is 2. The van der Waals surface area contributed by atoms with E-state index in [1.807, 2.05) is 12.1 Å². The topological polar surface area (TPSA) is 26.0 Å². The van der Waals surface area contributed by atoms with Crippen LogP contribution in [0.5, 0.6) is 0 Å². The largest absolute Gasteiger partial charge is 0.326 e. The second-order valence-electron chi connectivity index (χ2n) is 4.92. The molecule has 2 aromatic carbocycles. The third kappa shape index (κ3) is 2.35. The maximum atomic E-state index is 6.37. The molecule has 102 valence electrons. The summed E-state index contributed by atoms with van der Waals surface area (Å²) in [6.45, 7) is 2.69. The molecule has 0 aliphatic heterocycles. The van der Waals surface area contributed by atoms with Crippen LogP contribution in [0, 0.1) is 6.92 Å². The van der Waals surface area contributed by atoms with Crippen molar-refractivity contribution in [3.63, 3.8) is 0 Å². The molecule has 0 amide bonds. The summed E-state index contributed by atoms with van der Waals surface area (Å²) in [6, 6.07) is 14.5. The van der Waals surface area contributed by atoms with E-state index in [0.717, 1.165) is 11.4 Å². The first-order valence-electron chi connectivity index (χ1n) is 6.64. The lowest BCUT2D eigenvalue weighted by Crippen LogP contribution is -2.00. The lowest BCUT2D eigenvalue weighted by Gasteiger charge is -2.09. The smallest absolute Gasteiger partial charge is 0.0444 e. The Kier molecular flexibility index (Phi) is 3.79. The molecule has 0 spiro atoms. The highest BCUT2D eigenvalue weighted by atomic mass is 35.5. The van der Waals surface area contributed by atoms with Crippen molar-refractivity contribution in [2.24, 2.45) is 5.73 Å². The minimum atomic E-state index is 0.582. The number of benzene rings is 2. The molecule has 0 fully saturated rings. The molecule has 3 rings (SSSR count). The van der Waals surface area contributed by atoms with E-state index in [9.17, 15) is 0 Å². The van der Waals surface area contributed by atoms with Gasteiger partial charge in [-0.3, -0.25) is 0 Å². The van der Waals surface area contributed by atoms with Gasteiger partial charge in [0.05, 0.1) is 0 Å². The van der Waals surface area contributed by atoms with Gasteiger partial charge < -0.3 is 5.73 Å². The first-order chi connectivity index (χ1) is 9.70. The number of fused-ring (bicyclic) bond motifs is 1. The molecule has 0 saturated carbocycles. The molecule has 1 nitrogen and oxygen atoms in total. The zero-order chi connectivity index (χ0) is 14.1. The molecule has 0 unspecified atom stereocenters. The van der Waals surface area contributed by atoms with Gasteiger partial charge >= 0.3 is 0 Å². The maximum Gasteiger partial charge on any atom is 0.0444 e. The van der Waals surface area contributed by atoms with E-state index < -0.39 is 0 Å². The molecule has 3 heteroatoms. The predicted octanol–water partition coefficient (Wildman–Crippen LogP) is 4.91.